The van der Waals surface area contributed by atoms with E-state index < -0.39 is 11.9 Å². The molecular weight excluding hydrogens is 468 g/mol. The Hall–Kier alpha value is -3.52. The first-order valence-corrected chi connectivity index (χ1v) is 13.2. The Bertz CT molecular complexity index is 1280. The van der Waals surface area contributed by atoms with Crippen molar-refractivity contribution in [1.82, 2.24) is 19.8 Å². The number of carbonyl (C=O) groups is 2. The molecule has 1 aliphatic rings. The van der Waals surface area contributed by atoms with Crippen LogP contribution in [0.15, 0.2) is 47.3 Å². The lowest BCUT2D eigenvalue weighted by molar-refractivity contribution is -0.128. The predicted octanol–water partition coefficient (Wildman–Crippen LogP) is 4.27. The molecule has 1 aliphatic heterocycles. The highest BCUT2D eigenvalue weighted by molar-refractivity contribution is 5.89. The summed E-state index contributed by atoms with van der Waals surface area (Å²) < 4.78 is 7.39. The van der Waals surface area contributed by atoms with E-state index in [1.54, 1.807) is 25.1 Å². The van der Waals surface area contributed by atoms with Crippen LogP contribution < -0.4 is 15.6 Å². The molecule has 4 rings (SSSR count). The monoisotopic (exact) mass is 504 g/mol. The van der Waals surface area contributed by atoms with Crippen molar-refractivity contribution in [3.8, 4) is 5.75 Å². The maximum absolute atomic E-state index is 13.4. The first kappa shape index (κ1) is 26.5. The zero-order valence-corrected chi connectivity index (χ0v) is 21.7. The normalized spacial score (nSPS) is 15.2. The number of carbonyl (C=O) groups excluding carboxylic acids is 2. The maximum Gasteiger partial charge on any atom is 0.262 e. The van der Waals surface area contributed by atoms with Crippen LogP contribution in [0.2, 0.25) is 0 Å². The number of nitrogens with one attached hydrogen (secondary N) is 1. The highest BCUT2D eigenvalue weighted by Crippen LogP contribution is 2.22. The van der Waals surface area contributed by atoms with Crippen molar-refractivity contribution in [2.45, 2.75) is 71.6 Å². The molecule has 37 heavy (non-hydrogen) atoms. The standard InChI is InChI=1S/C29H36N4O4/c1-3-8-27(28(35)30-20-34)33-21(2)31-26-14-13-24(17-25(26)29(33)36)37-19-23-11-9-22(10-12-23)18-32-15-6-4-5-7-16-32/h9-14,17,20,27H,3-8,15-16,18-19H2,1-2H3,(H,30,34,35). The molecule has 1 unspecified atom stereocenters. The minimum absolute atomic E-state index is 0.328. The molecule has 8 nitrogen and oxygen atoms in total. The number of ether oxygens (including phenoxy) is 1. The van der Waals surface area contributed by atoms with Crippen LogP contribution in [0, 0.1) is 6.92 Å². The van der Waals surface area contributed by atoms with Gasteiger partial charge in [-0.1, -0.05) is 50.5 Å². The van der Waals surface area contributed by atoms with Crippen LogP contribution in [0.3, 0.4) is 0 Å². The lowest BCUT2D eigenvalue weighted by Crippen LogP contribution is -2.38. The summed E-state index contributed by atoms with van der Waals surface area (Å²) in [4.78, 5) is 43.8. The van der Waals surface area contributed by atoms with Gasteiger partial charge in [-0.25, -0.2) is 4.98 Å². The minimum atomic E-state index is -0.808. The van der Waals surface area contributed by atoms with Crippen molar-refractivity contribution >= 4 is 23.2 Å². The Morgan fingerprint density at radius 1 is 1.08 bits per heavy atom. The van der Waals surface area contributed by atoms with E-state index >= 15 is 0 Å². The summed E-state index contributed by atoms with van der Waals surface area (Å²) in [6, 6.07) is 12.9. The molecule has 8 heteroatoms. The number of benzene rings is 2. The second-order valence-corrected chi connectivity index (χ2v) is 9.74. The zero-order valence-electron chi connectivity index (χ0n) is 21.7. The van der Waals surface area contributed by atoms with Gasteiger partial charge in [0.1, 0.15) is 24.2 Å². The fourth-order valence-electron chi connectivity index (χ4n) is 5.01. The van der Waals surface area contributed by atoms with Crippen molar-refractivity contribution in [2.75, 3.05) is 13.1 Å². The van der Waals surface area contributed by atoms with Crippen molar-refractivity contribution in [3.05, 3.63) is 69.8 Å². The molecule has 2 amide bonds. The summed E-state index contributed by atoms with van der Waals surface area (Å²) in [5.74, 6) is 0.459. The number of rotatable bonds is 10. The molecule has 0 aliphatic carbocycles. The van der Waals surface area contributed by atoms with E-state index in [1.165, 1.54) is 48.9 Å². The van der Waals surface area contributed by atoms with Crippen LogP contribution in [-0.4, -0.2) is 39.9 Å². The quantitative estimate of drug-likeness (QED) is 0.415. The summed E-state index contributed by atoms with van der Waals surface area (Å²) in [6.07, 6.45) is 6.65. The number of imide groups is 1. The van der Waals surface area contributed by atoms with Crippen LogP contribution in [0.25, 0.3) is 10.9 Å². The fraction of sp³-hybridized carbons (Fsp3) is 0.448. The summed E-state index contributed by atoms with van der Waals surface area (Å²) in [6.45, 7) is 7.31. The average molecular weight is 505 g/mol. The highest BCUT2D eigenvalue weighted by Gasteiger charge is 2.24. The minimum Gasteiger partial charge on any atom is -0.489 e. The van der Waals surface area contributed by atoms with Gasteiger partial charge in [0.05, 0.1) is 10.9 Å². The number of aryl methyl sites for hydroxylation is 1. The molecule has 3 aromatic rings. The maximum atomic E-state index is 13.4. The van der Waals surface area contributed by atoms with E-state index in [9.17, 15) is 14.4 Å². The smallest absolute Gasteiger partial charge is 0.262 e. The second kappa shape index (κ2) is 12.6. The molecule has 1 saturated heterocycles. The largest absolute Gasteiger partial charge is 0.489 e. The first-order chi connectivity index (χ1) is 18.0. The molecule has 1 atom stereocenters. The Kier molecular flexibility index (Phi) is 9.06. The third kappa shape index (κ3) is 6.63. The van der Waals surface area contributed by atoms with Crippen molar-refractivity contribution in [3.63, 3.8) is 0 Å². The Morgan fingerprint density at radius 3 is 2.46 bits per heavy atom. The fourth-order valence-corrected chi connectivity index (χ4v) is 5.01. The molecule has 1 N–H and O–H groups in total. The van der Waals surface area contributed by atoms with Crippen LogP contribution in [0.1, 0.15) is 68.4 Å². The van der Waals surface area contributed by atoms with Gasteiger partial charge in [0, 0.05) is 6.54 Å². The number of hydrogen-bond donors (Lipinski definition) is 1. The molecule has 0 saturated carbocycles. The second-order valence-electron chi connectivity index (χ2n) is 9.74. The van der Waals surface area contributed by atoms with Gasteiger partial charge in [0.15, 0.2) is 0 Å². The Labute approximate surface area is 217 Å². The highest BCUT2D eigenvalue weighted by atomic mass is 16.5. The predicted molar refractivity (Wildman–Crippen MR) is 143 cm³/mol. The van der Waals surface area contributed by atoms with Crippen LogP contribution in [0.5, 0.6) is 5.75 Å². The molecule has 0 bridgehead atoms. The van der Waals surface area contributed by atoms with E-state index in [2.05, 4.69) is 39.5 Å². The molecule has 2 aromatic carbocycles. The van der Waals surface area contributed by atoms with Gasteiger partial charge in [-0.2, -0.15) is 0 Å². The van der Waals surface area contributed by atoms with Gasteiger partial charge in [-0.3, -0.25) is 29.2 Å². The molecule has 2 heterocycles. The van der Waals surface area contributed by atoms with Gasteiger partial charge in [0.2, 0.25) is 12.3 Å². The van der Waals surface area contributed by atoms with E-state index in [-0.39, 0.29) is 5.56 Å². The number of fused-ring (bicyclic) bond motifs is 1. The van der Waals surface area contributed by atoms with Crippen LogP contribution >= 0.6 is 0 Å². The molecule has 0 spiro atoms. The molecule has 1 fully saturated rings. The third-order valence-electron chi connectivity index (χ3n) is 6.96. The Balaban J connectivity index is 1.49. The molecule has 0 radical (unpaired) electrons. The summed E-state index contributed by atoms with van der Waals surface area (Å²) in [7, 11) is 0. The molecule has 1 aromatic heterocycles. The van der Waals surface area contributed by atoms with Crippen molar-refractivity contribution in [2.24, 2.45) is 0 Å². The van der Waals surface area contributed by atoms with Gasteiger partial charge in [0.25, 0.3) is 5.56 Å². The van der Waals surface area contributed by atoms with Crippen molar-refractivity contribution in [1.29, 1.82) is 0 Å². The SMILES string of the molecule is CCCC(C(=O)NC=O)n1c(C)nc2ccc(OCc3ccc(CN4CCCCCC4)cc3)cc2c1=O. The lowest BCUT2D eigenvalue weighted by atomic mass is 10.1. The van der Waals surface area contributed by atoms with E-state index in [4.69, 9.17) is 4.74 Å². The first-order valence-electron chi connectivity index (χ1n) is 13.2. The van der Waals surface area contributed by atoms with Gasteiger partial charge in [-0.05, 0) is 68.6 Å². The van der Waals surface area contributed by atoms with Gasteiger partial charge in [-0.15, -0.1) is 0 Å². The summed E-state index contributed by atoms with van der Waals surface area (Å²) in [5.41, 5.74) is 2.56. The third-order valence-corrected chi connectivity index (χ3v) is 6.96. The lowest BCUT2D eigenvalue weighted by Gasteiger charge is -2.20. The number of amides is 2. The molecular formula is C29H36N4O4. The number of hydrogen-bond acceptors (Lipinski definition) is 6. The molecule has 196 valence electrons. The van der Waals surface area contributed by atoms with Crippen LogP contribution in [0.4, 0.5) is 0 Å². The van der Waals surface area contributed by atoms with Crippen molar-refractivity contribution < 1.29 is 14.3 Å². The summed E-state index contributed by atoms with van der Waals surface area (Å²) in [5, 5.41) is 2.55. The van der Waals surface area contributed by atoms with E-state index in [0.717, 1.165) is 12.1 Å². The Morgan fingerprint density at radius 2 is 1.78 bits per heavy atom. The van der Waals surface area contributed by atoms with E-state index in [1.807, 2.05) is 6.92 Å². The van der Waals surface area contributed by atoms with E-state index in [0.29, 0.717) is 48.3 Å². The zero-order chi connectivity index (χ0) is 26.2. The summed E-state index contributed by atoms with van der Waals surface area (Å²) >= 11 is 0. The number of nitrogens with zero attached hydrogens (tertiary/aromatic N) is 3. The average Bonchev–Trinajstić information content (AvgIpc) is 3.17. The van der Waals surface area contributed by atoms with Gasteiger partial charge < -0.3 is 4.74 Å². The van der Waals surface area contributed by atoms with Gasteiger partial charge >= 0.3 is 0 Å². The number of likely N-dealkylation sites (tertiary alicyclic amines) is 1. The van der Waals surface area contributed by atoms with Crippen LogP contribution in [-0.2, 0) is 22.7 Å². The number of aromatic nitrogens is 2. The topological polar surface area (TPSA) is 93.5 Å².